The molecular formula is F2I2Ni2. The number of hydrogen-bond donors (Lipinski definition) is 0. The van der Waals surface area contributed by atoms with Crippen molar-refractivity contribution in [3.63, 3.8) is 0 Å². The predicted molar refractivity (Wildman–Crippen MR) is 30.3 cm³/mol. The molecule has 0 atom stereocenters. The Bertz CT molecular complexity index is 11.5. The Labute approximate surface area is 70.4 Å². The molecule has 0 unspecified atom stereocenters. The van der Waals surface area contributed by atoms with Crippen LogP contribution in [0.1, 0.15) is 0 Å². The minimum atomic E-state index is -1.38. The Hall–Kier alpha value is 2.31. The van der Waals surface area contributed by atoms with Gasteiger partial charge in [-0.3, -0.25) is 0 Å². The fourth-order valence-electron chi connectivity index (χ4n) is 0. The second-order valence-electron chi connectivity index (χ2n) is 0.0904. The van der Waals surface area contributed by atoms with Crippen LogP contribution in [-0.4, -0.2) is 0 Å². The van der Waals surface area contributed by atoms with Gasteiger partial charge in [-0.1, -0.05) is 0 Å². The van der Waals surface area contributed by atoms with E-state index in [4.69, 9.17) is 0 Å². The SMILES string of the molecule is [F][Ni][F].[I][Ni][I]. The van der Waals surface area contributed by atoms with Crippen molar-refractivity contribution >= 4 is 41.0 Å². The van der Waals surface area contributed by atoms with Gasteiger partial charge in [-0.25, -0.2) is 0 Å². The molecule has 0 rings (SSSR count). The van der Waals surface area contributed by atoms with Gasteiger partial charge in [-0.05, 0) is 0 Å². The minimum absolute atomic E-state index is 1.38. The molecule has 0 saturated heterocycles. The topological polar surface area (TPSA) is 0 Å². The van der Waals surface area contributed by atoms with Crippen LogP contribution in [0, 0.1) is 0 Å². The average Bonchev–Trinajstić information content (AvgIpc) is 1.39. The normalized spacial score (nSPS) is 7.33. The number of halogens is 4. The zero-order valence-electron chi connectivity index (χ0n) is 2.14. The summed E-state index contributed by atoms with van der Waals surface area (Å²) >= 11 is 3.05. The van der Waals surface area contributed by atoms with Crippen LogP contribution in [0.4, 0.5) is 7.21 Å². The van der Waals surface area contributed by atoms with Gasteiger partial charge in [0.2, 0.25) is 0 Å². The van der Waals surface area contributed by atoms with Gasteiger partial charge in [0.05, 0.1) is 0 Å². The van der Waals surface area contributed by atoms with Gasteiger partial charge in [0.25, 0.3) is 0 Å². The first kappa shape index (κ1) is 11.2. The van der Waals surface area contributed by atoms with Crippen molar-refractivity contribution in [2.45, 2.75) is 0 Å². The molecule has 0 heterocycles. The molecule has 48 valence electrons. The molecule has 0 saturated carbocycles. The van der Waals surface area contributed by atoms with Gasteiger partial charge >= 0.3 is 71.6 Å². The van der Waals surface area contributed by atoms with E-state index < -0.39 is 15.3 Å². The van der Waals surface area contributed by atoms with Gasteiger partial charge < -0.3 is 0 Å². The molecule has 0 aromatic carbocycles. The maximum atomic E-state index is 9.56. The Morgan fingerprint density at radius 1 is 1.17 bits per heavy atom. The van der Waals surface area contributed by atoms with Crippen molar-refractivity contribution in [2.75, 3.05) is 0 Å². The van der Waals surface area contributed by atoms with E-state index in [9.17, 15) is 7.21 Å². The molecule has 0 aliphatic heterocycles. The Morgan fingerprint density at radius 2 is 1.17 bits per heavy atom. The van der Waals surface area contributed by atoms with Crippen LogP contribution in [0.5, 0.6) is 0 Å². The van der Waals surface area contributed by atoms with Gasteiger partial charge in [-0.2, -0.15) is 0 Å². The summed E-state index contributed by atoms with van der Waals surface area (Å²) in [7, 11) is 1.56. The second kappa shape index (κ2) is 15.7. The van der Waals surface area contributed by atoms with Crippen LogP contribution >= 0.6 is 41.0 Å². The maximum absolute atomic E-state index is 9.56. The predicted octanol–water partition coefficient (Wildman–Crippen LogP) is 2.61. The molecule has 0 aliphatic carbocycles. The van der Waals surface area contributed by atoms with Gasteiger partial charge in [-0.15, -0.1) is 0 Å². The first-order valence-electron chi connectivity index (χ1n) is 0.478. The summed E-state index contributed by atoms with van der Waals surface area (Å²) in [6.07, 6.45) is 0. The molecule has 0 radical (unpaired) electrons. The zero-order valence-corrected chi connectivity index (χ0v) is 8.43. The van der Waals surface area contributed by atoms with Crippen LogP contribution in [0.2, 0.25) is 0 Å². The van der Waals surface area contributed by atoms with E-state index in [1.807, 2.05) is 0 Å². The van der Waals surface area contributed by atoms with E-state index in [0.29, 0.717) is 0 Å². The first-order valence-corrected chi connectivity index (χ1v) is 7.60. The summed E-state index contributed by atoms with van der Waals surface area (Å²) in [6, 6.07) is 0. The van der Waals surface area contributed by atoms with Gasteiger partial charge in [0.1, 0.15) is 0 Å². The van der Waals surface area contributed by atoms with Crippen molar-refractivity contribution in [1.29, 1.82) is 0 Å². The third kappa shape index (κ3) is 33.4. The zero-order chi connectivity index (χ0) is 5.41. The number of rotatable bonds is 0. The average molecular weight is 409 g/mol. The van der Waals surface area contributed by atoms with E-state index in [1.54, 1.807) is 8.07 Å². The molecule has 0 fully saturated rings. The Kier molecular flexibility index (Phi) is 29.1. The molecule has 0 aromatic rings. The van der Waals surface area contributed by atoms with Crippen molar-refractivity contribution in [3.8, 4) is 0 Å². The summed E-state index contributed by atoms with van der Waals surface area (Å²) in [6.45, 7) is 0. The van der Waals surface area contributed by atoms with Crippen LogP contribution in [0.15, 0.2) is 0 Å². The Balaban J connectivity index is 0. The summed E-state index contributed by atoms with van der Waals surface area (Å²) in [5.74, 6) is 0. The number of hydrogen-bond acceptors (Lipinski definition) is 0. The van der Waals surface area contributed by atoms with E-state index >= 15 is 0 Å². The van der Waals surface area contributed by atoms with E-state index in [0.717, 1.165) is 0 Å². The van der Waals surface area contributed by atoms with Crippen LogP contribution in [0.3, 0.4) is 0 Å². The molecule has 0 spiro atoms. The standard InChI is InChI=1S/2FH.2HI.2Ni/h4*1H;;/q;;;;2*+2/p-4. The van der Waals surface area contributed by atoms with Crippen molar-refractivity contribution in [2.24, 2.45) is 0 Å². The Morgan fingerprint density at radius 3 is 1.17 bits per heavy atom. The van der Waals surface area contributed by atoms with Crippen LogP contribution in [-0.2, 0) is 23.4 Å². The molecule has 0 aliphatic rings. The molecule has 6 heteroatoms. The molecule has 0 aromatic heterocycles. The van der Waals surface area contributed by atoms with Crippen molar-refractivity contribution in [3.05, 3.63) is 0 Å². The fraction of sp³-hybridized carbons (Fsp3) is 0. The van der Waals surface area contributed by atoms with Crippen molar-refractivity contribution in [1.82, 2.24) is 0 Å². The van der Waals surface area contributed by atoms with Crippen molar-refractivity contribution < 1.29 is 30.6 Å². The third-order valence-electron chi connectivity index (χ3n) is 0. The summed E-state index contributed by atoms with van der Waals surface area (Å²) < 4.78 is 19.1. The first-order chi connectivity index (χ1) is 2.83. The van der Waals surface area contributed by atoms with E-state index in [-0.39, 0.29) is 0 Å². The molecule has 0 amide bonds. The molecule has 0 bridgehead atoms. The summed E-state index contributed by atoms with van der Waals surface area (Å²) in [4.78, 5) is 0. The third-order valence-corrected chi connectivity index (χ3v) is 0. The summed E-state index contributed by atoms with van der Waals surface area (Å²) in [5.41, 5.74) is 0. The van der Waals surface area contributed by atoms with E-state index in [2.05, 4.69) is 41.0 Å². The quantitative estimate of drug-likeness (QED) is 0.427. The van der Waals surface area contributed by atoms with Gasteiger partial charge in [0, 0.05) is 0 Å². The molecule has 6 heavy (non-hydrogen) atoms. The molecule has 0 N–H and O–H groups in total. The van der Waals surface area contributed by atoms with Gasteiger partial charge in [0.15, 0.2) is 0 Å². The van der Waals surface area contributed by atoms with Crippen LogP contribution < -0.4 is 0 Å². The molecule has 0 nitrogen and oxygen atoms in total. The fourth-order valence-corrected chi connectivity index (χ4v) is 0. The second-order valence-corrected chi connectivity index (χ2v) is 8.57. The molecular weight excluding hydrogens is 409 g/mol. The summed E-state index contributed by atoms with van der Waals surface area (Å²) in [5, 5.41) is 0. The van der Waals surface area contributed by atoms with E-state index in [1.165, 1.54) is 0 Å². The van der Waals surface area contributed by atoms with Crippen LogP contribution in [0.25, 0.3) is 0 Å². The monoisotopic (exact) mass is 408 g/mol.